The Bertz CT molecular complexity index is 401. The molecule has 18 heavy (non-hydrogen) atoms. The van der Waals surface area contributed by atoms with Gasteiger partial charge in [0.2, 0.25) is 0 Å². The molecule has 0 spiro atoms. The predicted molar refractivity (Wildman–Crippen MR) is 73.9 cm³/mol. The van der Waals surface area contributed by atoms with E-state index >= 15 is 0 Å². The number of amides is 1. The number of halogens is 1. The second-order valence-electron chi connectivity index (χ2n) is 4.42. The van der Waals surface area contributed by atoms with Gasteiger partial charge in [-0.05, 0) is 32.0 Å². The lowest BCUT2D eigenvalue weighted by Crippen LogP contribution is -2.30. The Morgan fingerprint density at radius 1 is 1.44 bits per heavy atom. The summed E-state index contributed by atoms with van der Waals surface area (Å²) in [5, 5.41) is 0.463. The van der Waals surface area contributed by atoms with Gasteiger partial charge in [0.05, 0.1) is 12.7 Å². The number of nitrogens with zero attached hydrogens (tertiary/aromatic N) is 1. The molecule has 0 atom stereocenters. The summed E-state index contributed by atoms with van der Waals surface area (Å²) in [6, 6.07) is 4.84. The minimum atomic E-state index is -0.114. The van der Waals surface area contributed by atoms with E-state index < -0.39 is 0 Å². The molecule has 0 saturated carbocycles. The molecule has 1 rings (SSSR count). The number of hydrogen-bond acceptors (Lipinski definition) is 3. The smallest absolute Gasteiger partial charge is 0.253 e. The molecule has 2 N–H and O–H groups in total. The van der Waals surface area contributed by atoms with Gasteiger partial charge in [-0.25, -0.2) is 0 Å². The maximum atomic E-state index is 12.1. The van der Waals surface area contributed by atoms with Crippen molar-refractivity contribution in [2.45, 2.75) is 20.0 Å². The molecule has 1 amide bonds. The van der Waals surface area contributed by atoms with Gasteiger partial charge in [-0.15, -0.1) is 0 Å². The number of anilines is 1. The first-order valence-electron chi connectivity index (χ1n) is 5.83. The van der Waals surface area contributed by atoms with E-state index in [0.717, 1.165) is 0 Å². The number of benzene rings is 1. The Balaban J connectivity index is 2.62. The Hall–Kier alpha value is -1.26. The fourth-order valence-electron chi connectivity index (χ4n) is 1.48. The average Bonchev–Trinajstić information content (AvgIpc) is 2.26. The third-order valence-electron chi connectivity index (χ3n) is 2.39. The van der Waals surface area contributed by atoms with Crippen LogP contribution in [-0.4, -0.2) is 37.1 Å². The summed E-state index contributed by atoms with van der Waals surface area (Å²) in [7, 11) is 1.73. The molecular formula is C13H19ClN2O2. The van der Waals surface area contributed by atoms with Crippen LogP contribution in [0.15, 0.2) is 18.2 Å². The summed E-state index contributed by atoms with van der Waals surface area (Å²) in [6.07, 6.45) is 0.162. The van der Waals surface area contributed by atoms with Crippen molar-refractivity contribution in [3.63, 3.8) is 0 Å². The standard InChI is InChI=1S/C13H19ClN2O2/c1-9(2)18-5-4-16(3)13(17)10-6-11(14)8-12(15)7-10/h6-9H,4-5,15H2,1-3H3. The maximum Gasteiger partial charge on any atom is 0.253 e. The molecule has 0 aliphatic carbocycles. The van der Waals surface area contributed by atoms with Crippen LogP contribution in [0.5, 0.6) is 0 Å². The van der Waals surface area contributed by atoms with Crippen LogP contribution in [-0.2, 0) is 4.74 Å². The van der Waals surface area contributed by atoms with E-state index in [1.165, 1.54) is 0 Å². The van der Waals surface area contributed by atoms with E-state index in [1.807, 2.05) is 13.8 Å². The number of nitrogens with two attached hydrogens (primary N) is 1. The SMILES string of the molecule is CC(C)OCCN(C)C(=O)c1cc(N)cc(Cl)c1. The molecule has 100 valence electrons. The molecule has 0 saturated heterocycles. The lowest BCUT2D eigenvalue weighted by atomic mass is 10.2. The van der Waals surface area contributed by atoms with Crippen LogP contribution in [0.3, 0.4) is 0 Å². The highest BCUT2D eigenvalue weighted by molar-refractivity contribution is 6.31. The van der Waals surface area contributed by atoms with E-state index in [0.29, 0.717) is 29.4 Å². The second-order valence-corrected chi connectivity index (χ2v) is 4.86. The van der Waals surface area contributed by atoms with Gasteiger partial charge in [0, 0.05) is 29.9 Å². The van der Waals surface area contributed by atoms with Gasteiger partial charge in [0.25, 0.3) is 5.91 Å². The molecule has 0 radical (unpaired) electrons. The van der Waals surface area contributed by atoms with Crippen molar-refractivity contribution < 1.29 is 9.53 Å². The Kier molecular flexibility index (Phi) is 5.44. The van der Waals surface area contributed by atoms with E-state index in [-0.39, 0.29) is 12.0 Å². The molecular weight excluding hydrogens is 252 g/mol. The monoisotopic (exact) mass is 270 g/mol. The minimum Gasteiger partial charge on any atom is -0.399 e. The van der Waals surface area contributed by atoms with Crippen LogP contribution in [0.1, 0.15) is 24.2 Å². The third-order valence-corrected chi connectivity index (χ3v) is 2.61. The van der Waals surface area contributed by atoms with Crippen LogP contribution >= 0.6 is 11.6 Å². The summed E-state index contributed by atoms with van der Waals surface area (Å²) in [4.78, 5) is 13.7. The van der Waals surface area contributed by atoms with Crippen molar-refractivity contribution >= 4 is 23.2 Å². The summed E-state index contributed by atoms with van der Waals surface area (Å²) >= 11 is 5.87. The molecule has 0 heterocycles. The molecule has 1 aromatic carbocycles. The van der Waals surface area contributed by atoms with E-state index in [1.54, 1.807) is 30.1 Å². The maximum absolute atomic E-state index is 12.1. The Morgan fingerprint density at radius 2 is 2.11 bits per heavy atom. The number of rotatable bonds is 5. The van der Waals surface area contributed by atoms with Gasteiger partial charge >= 0.3 is 0 Å². The fraction of sp³-hybridized carbons (Fsp3) is 0.462. The van der Waals surface area contributed by atoms with Crippen molar-refractivity contribution in [2.75, 3.05) is 25.9 Å². The first-order chi connectivity index (χ1) is 8.40. The van der Waals surface area contributed by atoms with Crippen LogP contribution < -0.4 is 5.73 Å². The minimum absolute atomic E-state index is 0.114. The Labute approximate surface area is 113 Å². The van der Waals surface area contributed by atoms with Gasteiger partial charge < -0.3 is 15.4 Å². The van der Waals surface area contributed by atoms with Crippen molar-refractivity contribution in [3.05, 3.63) is 28.8 Å². The second kappa shape index (κ2) is 6.61. The normalized spacial score (nSPS) is 10.7. The van der Waals surface area contributed by atoms with Crippen LogP contribution in [0.4, 0.5) is 5.69 Å². The number of ether oxygens (including phenoxy) is 1. The summed E-state index contributed by atoms with van der Waals surface area (Å²) < 4.78 is 5.40. The topological polar surface area (TPSA) is 55.6 Å². The summed E-state index contributed by atoms with van der Waals surface area (Å²) in [6.45, 7) is 4.96. The first-order valence-corrected chi connectivity index (χ1v) is 6.21. The molecule has 0 fully saturated rings. The average molecular weight is 271 g/mol. The Morgan fingerprint density at radius 3 is 2.67 bits per heavy atom. The number of likely N-dealkylation sites (N-methyl/N-ethyl adjacent to an activating group) is 1. The molecule has 4 nitrogen and oxygen atoms in total. The van der Waals surface area contributed by atoms with Crippen LogP contribution in [0, 0.1) is 0 Å². The van der Waals surface area contributed by atoms with E-state index in [2.05, 4.69) is 0 Å². The highest BCUT2D eigenvalue weighted by Gasteiger charge is 2.12. The van der Waals surface area contributed by atoms with Gasteiger partial charge in [0.1, 0.15) is 0 Å². The highest BCUT2D eigenvalue weighted by atomic mass is 35.5. The lowest BCUT2D eigenvalue weighted by molar-refractivity contribution is 0.0532. The van der Waals surface area contributed by atoms with E-state index in [9.17, 15) is 4.79 Å². The van der Waals surface area contributed by atoms with Crippen molar-refractivity contribution in [1.29, 1.82) is 0 Å². The highest BCUT2D eigenvalue weighted by Crippen LogP contribution is 2.17. The third kappa shape index (κ3) is 4.55. The molecule has 0 bridgehead atoms. The zero-order valence-corrected chi connectivity index (χ0v) is 11.7. The molecule has 0 unspecified atom stereocenters. The summed E-state index contributed by atoms with van der Waals surface area (Å²) in [5.74, 6) is -0.114. The number of hydrogen-bond donors (Lipinski definition) is 1. The van der Waals surface area contributed by atoms with Crippen molar-refractivity contribution in [1.82, 2.24) is 4.90 Å². The quantitative estimate of drug-likeness (QED) is 0.836. The van der Waals surface area contributed by atoms with E-state index in [4.69, 9.17) is 22.1 Å². The van der Waals surface area contributed by atoms with Crippen molar-refractivity contribution in [3.8, 4) is 0 Å². The number of nitrogen functional groups attached to an aromatic ring is 1. The van der Waals surface area contributed by atoms with Gasteiger partial charge in [-0.1, -0.05) is 11.6 Å². The molecule has 0 aliphatic heterocycles. The van der Waals surface area contributed by atoms with Crippen LogP contribution in [0.25, 0.3) is 0 Å². The lowest BCUT2D eigenvalue weighted by Gasteiger charge is -2.18. The first kappa shape index (κ1) is 14.8. The fourth-order valence-corrected chi connectivity index (χ4v) is 1.73. The molecule has 0 aliphatic rings. The zero-order valence-electron chi connectivity index (χ0n) is 10.9. The van der Waals surface area contributed by atoms with Crippen molar-refractivity contribution in [2.24, 2.45) is 0 Å². The summed E-state index contributed by atoms with van der Waals surface area (Å²) in [5.41, 5.74) is 6.63. The predicted octanol–water partition coefficient (Wildman–Crippen LogP) is 2.42. The molecule has 0 aromatic heterocycles. The van der Waals surface area contributed by atoms with Gasteiger partial charge in [-0.3, -0.25) is 4.79 Å². The molecule has 1 aromatic rings. The van der Waals surface area contributed by atoms with Gasteiger partial charge in [0.15, 0.2) is 0 Å². The zero-order chi connectivity index (χ0) is 13.7. The largest absolute Gasteiger partial charge is 0.399 e. The molecule has 5 heteroatoms. The van der Waals surface area contributed by atoms with Gasteiger partial charge in [-0.2, -0.15) is 0 Å². The van der Waals surface area contributed by atoms with Crippen LogP contribution in [0.2, 0.25) is 5.02 Å². The number of carbonyl (C=O) groups excluding carboxylic acids is 1. The number of carbonyl (C=O) groups is 1.